The fourth-order valence-electron chi connectivity index (χ4n) is 1.02. The van der Waals surface area contributed by atoms with Crippen molar-refractivity contribution in [1.29, 1.82) is 0 Å². The minimum absolute atomic E-state index is 0.839. The van der Waals surface area contributed by atoms with Gasteiger partial charge in [0.1, 0.15) is 5.71 Å². The molecule has 15 heavy (non-hydrogen) atoms. The molecule has 0 saturated carbocycles. The van der Waals surface area contributed by atoms with Crippen molar-refractivity contribution in [2.75, 3.05) is 14.1 Å². The van der Waals surface area contributed by atoms with Crippen LogP contribution in [0.5, 0.6) is 0 Å². The maximum atomic E-state index is 4.10. The van der Waals surface area contributed by atoms with Gasteiger partial charge in [0.25, 0.3) is 0 Å². The van der Waals surface area contributed by atoms with Crippen LogP contribution in [0.1, 0.15) is 19.4 Å². The van der Waals surface area contributed by atoms with Gasteiger partial charge in [0.05, 0.1) is 0 Å². The molecule has 1 N–H and O–H groups in total. The van der Waals surface area contributed by atoms with Gasteiger partial charge in [-0.1, -0.05) is 44.2 Å². The average Bonchev–Trinajstić information content (AvgIpc) is 2.33. The maximum absolute atomic E-state index is 4.10. The van der Waals surface area contributed by atoms with Crippen LogP contribution in [0.3, 0.4) is 0 Å². The van der Waals surface area contributed by atoms with Gasteiger partial charge < -0.3 is 5.43 Å². The summed E-state index contributed by atoms with van der Waals surface area (Å²) in [5.41, 5.74) is 4.64. The van der Waals surface area contributed by atoms with E-state index in [1.165, 1.54) is 0 Å². The normalized spacial score (nSPS) is 10.8. The van der Waals surface area contributed by atoms with E-state index in [4.69, 9.17) is 0 Å². The molecule has 0 unspecified atom stereocenters. The summed E-state index contributed by atoms with van der Waals surface area (Å²) in [6.07, 6.45) is 1.73. The second-order valence-corrected chi connectivity index (χ2v) is 2.47. The highest BCUT2D eigenvalue weighted by Gasteiger charge is 1.97. The number of hydrogen-bond donors (Lipinski definition) is 1. The minimum atomic E-state index is 0.839. The quantitative estimate of drug-likeness (QED) is 0.597. The van der Waals surface area contributed by atoms with Crippen LogP contribution in [0.15, 0.2) is 40.4 Å². The molecule has 3 heteroatoms. The standard InChI is InChI=1S/C10H13N3.C2H6/c1-11-8-10(13-12-2)9-6-4-3-5-7-9;1-2/h3-8,12H,1-2H3;1-2H3. The molecule has 0 bridgehead atoms. The number of hydrazone groups is 1. The minimum Gasteiger partial charge on any atom is -0.313 e. The lowest BCUT2D eigenvalue weighted by Gasteiger charge is -1.99. The summed E-state index contributed by atoms with van der Waals surface area (Å²) in [5, 5.41) is 4.10. The van der Waals surface area contributed by atoms with E-state index in [2.05, 4.69) is 15.5 Å². The summed E-state index contributed by atoms with van der Waals surface area (Å²) in [7, 11) is 3.50. The zero-order valence-electron chi connectivity index (χ0n) is 9.86. The van der Waals surface area contributed by atoms with Crippen LogP contribution in [0, 0.1) is 0 Å². The van der Waals surface area contributed by atoms with Crippen LogP contribution >= 0.6 is 0 Å². The Morgan fingerprint density at radius 3 is 2.27 bits per heavy atom. The summed E-state index contributed by atoms with van der Waals surface area (Å²) in [4.78, 5) is 3.94. The number of hydrogen-bond acceptors (Lipinski definition) is 3. The molecule has 0 aliphatic heterocycles. The number of nitrogens with zero attached hydrogens (tertiary/aromatic N) is 2. The van der Waals surface area contributed by atoms with E-state index in [-0.39, 0.29) is 0 Å². The van der Waals surface area contributed by atoms with Gasteiger partial charge in [-0.2, -0.15) is 5.10 Å². The summed E-state index contributed by atoms with van der Waals surface area (Å²) in [6.45, 7) is 4.00. The molecule has 0 heterocycles. The van der Waals surface area contributed by atoms with Gasteiger partial charge in [0, 0.05) is 25.9 Å². The van der Waals surface area contributed by atoms with Crippen molar-refractivity contribution in [2.45, 2.75) is 13.8 Å². The SMILES string of the molecule is CC.CN=CC(=NNC)c1ccccc1. The fourth-order valence-corrected chi connectivity index (χ4v) is 1.02. The summed E-state index contributed by atoms with van der Waals surface area (Å²) < 4.78 is 0. The molecule has 3 nitrogen and oxygen atoms in total. The molecule has 0 fully saturated rings. The topological polar surface area (TPSA) is 36.8 Å². The molecule has 0 aliphatic carbocycles. The highest BCUT2D eigenvalue weighted by Crippen LogP contribution is 1.99. The van der Waals surface area contributed by atoms with Crippen LogP contribution < -0.4 is 5.43 Å². The van der Waals surface area contributed by atoms with E-state index < -0.39 is 0 Å². The summed E-state index contributed by atoms with van der Waals surface area (Å²) in [5.74, 6) is 0. The first-order chi connectivity index (χ1) is 7.38. The third-order valence-electron chi connectivity index (χ3n) is 1.55. The van der Waals surface area contributed by atoms with Gasteiger partial charge in [-0.25, -0.2) is 0 Å². The summed E-state index contributed by atoms with van der Waals surface area (Å²) >= 11 is 0. The molecular formula is C12H19N3. The highest BCUT2D eigenvalue weighted by atomic mass is 15.3. The predicted octanol–water partition coefficient (Wildman–Crippen LogP) is 2.34. The van der Waals surface area contributed by atoms with Crippen molar-refractivity contribution in [3.05, 3.63) is 35.9 Å². The molecule has 0 radical (unpaired) electrons. The number of aliphatic imine (C=N–C) groups is 1. The van der Waals surface area contributed by atoms with Crippen LogP contribution in [-0.2, 0) is 0 Å². The predicted molar refractivity (Wildman–Crippen MR) is 67.8 cm³/mol. The van der Waals surface area contributed by atoms with E-state index >= 15 is 0 Å². The lowest BCUT2D eigenvalue weighted by molar-refractivity contribution is 0.905. The number of nitrogens with one attached hydrogen (secondary N) is 1. The van der Waals surface area contributed by atoms with E-state index in [9.17, 15) is 0 Å². The Balaban J connectivity index is 0.000000921. The lowest BCUT2D eigenvalue weighted by Crippen LogP contribution is -2.08. The Bertz CT molecular complexity index is 302. The van der Waals surface area contributed by atoms with E-state index in [1.54, 1.807) is 20.3 Å². The molecule has 0 aliphatic rings. The molecule has 1 aromatic carbocycles. The first kappa shape index (κ1) is 13.4. The number of benzene rings is 1. The first-order valence-corrected chi connectivity index (χ1v) is 5.10. The Morgan fingerprint density at radius 1 is 1.20 bits per heavy atom. The fraction of sp³-hybridized carbons (Fsp3) is 0.333. The molecule has 0 saturated heterocycles. The zero-order chi connectivity index (χ0) is 11.5. The molecule has 1 aromatic rings. The first-order valence-electron chi connectivity index (χ1n) is 5.10. The maximum Gasteiger partial charge on any atom is 0.108 e. The van der Waals surface area contributed by atoms with Crippen molar-refractivity contribution in [3.8, 4) is 0 Å². The molecular weight excluding hydrogens is 186 g/mol. The van der Waals surface area contributed by atoms with Crippen molar-refractivity contribution in [2.24, 2.45) is 10.1 Å². The number of rotatable bonds is 3. The zero-order valence-corrected chi connectivity index (χ0v) is 9.86. The molecule has 1 rings (SSSR count). The van der Waals surface area contributed by atoms with Gasteiger partial charge in [0.15, 0.2) is 0 Å². The van der Waals surface area contributed by atoms with E-state index in [1.807, 2.05) is 44.2 Å². The van der Waals surface area contributed by atoms with Crippen LogP contribution in [0.25, 0.3) is 0 Å². The molecule has 82 valence electrons. The largest absolute Gasteiger partial charge is 0.313 e. The van der Waals surface area contributed by atoms with Crippen molar-refractivity contribution < 1.29 is 0 Å². The Labute approximate surface area is 91.9 Å². The molecule has 0 aromatic heterocycles. The smallest absolute Gasteiger partial charge is 0.108 e. The second-order valence-electron chi connectivity index (χ2n) is 2.47. The lowest BCUT2D eigenvalue weighted by atomic mass is 10.1. The Hall–Kier alpha value is -1.64. The van der Waals surface area contributed by atoms with Crippen LogP contribution in [0.4, 0.5) is 0 Å². The summed E-state index contributed by atoms with van der Waals surface area (Å²) in [6, 6.07) is 9.92. The van der Waals surface area contributed by atoms with Gasteiger partial charge in [-0.3, -0.25) is 4.99 Å². The van der Waals surface area contributed by atoms with Crippen molar-refractivity contribution in [1.82, 2.24) is 5.43 Å². The van der Waals surface area contributed by atoms with Crippen LogP contribution in [0.2, 0.25) is 0 Å². The third-order valence-corrected chi connectivity index (χ3v) is 1.55. The van der Waals surface area contributed by atoms with Crippen LogP contribution in [-0.4, -0.2) is 26.0 Å². The van der Waals surface area contributed by atoms with Gasteiger partial charge in [-0.15, -0.1) is 0 Å². The molecule has 0 atom stereocenters. The molecule has 0 spiro atoms. The second kappa shape index (κ2) is 8.94. The average molecular weight is 205 g/mol. The Kier molecular flexibility index (Phi) is 7.96. The van der Waals surface area contributed by atoms with Crippen molar-refractivity contribution >= 4 is 11.9 Å². The monoisotopic (exact) mass is 205 g/mol. The molecule has 0 amide bonds. The third kappa shape index (κ3) is 4.96. The van der Waals surface area contributed by atoms with Gasteiger partial charge in [-0.05, 0) is 0 Å². The van der Waals surface area contributed by atoms with E-state index in [0.29, 0.717) is 0 Å². The highest BCUT2D eigenvalue weighted by molar-refractivity contribution is 6.38. The van der Waals surface area contributed by atoms with Gasteiger partial charge in [0.2, 0.25) is 0 Å². The van der Waals surface area contributed by atoms with E-state index in [0.717, 1.165) is 11.3 Å². The Morgan fingerprint density at radius 2 is 1.80 bits per heavy atom. The van der Waals surface area contributed by atoms with Crippen molar-refractivity contribution in [3.63, 3.8) is 0 Å². The van der Waals surface area contributed by atoms with Gasteiger partial charge >= 0.3 is 0 Å².